The number of H-pyrrole nitrogens is 1. The lowest BCUT2D eigenvalue weighted by molar-refractivity contribution is 1.09. The summed E-state index contributed by atoms with van der Waals surface area (Å²) in [6.07, 6.45) is 3.51. The van der Waals surface area contributed by atoms with Crippen molar-refractivity contribution in [3.8, 4) is 22.6 Å². The van der Waals surface area contributed by atoms with Crippen LogP contribution in [-0.2, 0) is 0 Å². The largest absolute Gasteiger partial charge is 0.370 e. The van der Waals surface area contributed by atoms with E-state index >= 15 is 0 Å². The fourth-order valence-corrected chi connectivity index (χ4v) is 1.99. The average Bonchev–Trinajstić information content (AvgIpc) is 3.02. The van der Waals surface area contributed by atoms with Gasteiger partial charge in [-0.15, -0.1) is 0 Å². The third-order valence-corrected chi connectivity index (χ3v) is 2.97. The second-order valence-electron chi connectivity index (χ2n) is 4.34. The van der Waals surface area contributed by atoms with Crippen LogP contribution in [0.2, 0.25) is 0 Å². The van der Waals surface area contributed by atoms with Crippen molar-refractivity contribution in [2.75, 3.05) is 11.9 Å². The fourth-order valence-electron chi connectivity index (χ4n) is 1.99. The molecule has 0 spiro atoms. The highest BCUT2D eigenvalue weighted by Crippen LogP contribution is 2.21. The van der Waals surface area contributed by atoms with Crippen LogP contribution in [0.25, 0.3) is 22.6 Å². The Morgan fingerprint density at radius 3 is 2.50 bits per heavy atom. The highest BCUT2D eigenvalue weighted by molar-refractivity contribution is 5.65. The molecule has 3 aromatic rings. The van der Waals surface area contributed by atoms with Gasteiger partial charge in [-0.3, -0.25) is 5.10 Å². The van der Waals surface area contributed by atoms with E-state index in [0.717, 1.165) is 35.0 Å². The SMILES string of the molecule is CCNc1ccnc(-c2ccc(-c3ccn[nH]3)cc2)n1. The minimum Gasteiger partial charge on any atom is -0.370 e. The van der Waals surface area contributed by atoms with Crippen LogP contribution < -0.4 is 5.32 Å². The van der Waals surface area contributed by atoms with Crippen LogP contribution in [-0.4, -0.2) is 26.7 Å². The van der Waals surface area contributed by atoms with Gasteiger partial charge in [-0.2, -0.15) is 5.10 Å². The number of nitrogens with one attached hydrogen (secondary N) is 2. The lowest BCUT2D eigenvalue weighted by Gasteiger charge is -2.05. The Balaban J connectivity index is 1.89. The third kappa shape index (κ3) is 2.51. The van der Waals surface area contributed by atoms with E-state index in [9.17, 15) is 0 Å². The summed E-state index contributed by atoms with van der Waals surface area (Å²) in [5.41, 5.74) is 3.08. The summed E-state index contributed by atoms with van der Waals surface area (Å²) in [6.45, 7) is 2.89. The Morgan fingerprint density at radius 1 is 1.00 bits per heavy atom. The lowest BCUT2D eigenvalue weighted by Crippen LogP contribution is -2.00. The molecule has 0 amide bonds. The molecule has 0 aliphatic carbocycles. The maximum Gasteiger partial charge on any atom is 0.161 e. The number of hydrogen-bond donors (Lipinski definition) is 2. The highest BCUT2D eigenvalue weighted by atomic mass is 15.1. The summed E-state index contributed by atoms with van der Waals surface area (Å²) < 4.78 is 0. The van der Waals surface area contributed by atoms with E-state index in [1.54, 1.807) is 12.4 Å². The van der Waals surface area contributed by atoms with Crippen molar-refractivity contribution in [2.24, 2.45) is 0 Å². The Bertz CT molecular complexity index is 674. The Hall–Kier alpha value is -2.69. The molecule has 0 bridgehead atoms. The monoisotopic (exact) mass is 265 g/mol. The average molecular weight is 265 g/mol. The van der Waals surface area contributed by atoms with Crippen LogP contribution in [0, 0.1) is 0 Å². The van der Waals surface area contributed by atoms with E-state index in [2.05, 4.69) is 25.5 Å². The molecule has 3 rings (SSSR count). The van der Waals surface area contributed by atoms with E-state index in [1.807, 2.05) is 43.3 Å². The number of rotatable bonds is 4. The predicted octanol–water partition coefficient (Wildman–Crippen LogP) is 2.97. The smallest absolute Gasteiger partial charge is 0.161 e. The standard InChI is InChI=1S/C15H15N5/c1-2-16-14-8-9-17-15(19-14)12-5-3-11(4-6-12)13-7-10-18-20-13/h3-10H,2H2,1H3,(H,18,20)(H,16,17,19). The number of anilines is 1. The molecule has 2 aromatic heterocycles. The van der Waals surface area contributed by atoms with Gasteiger partial charge in [0.1, 0.15) is 5.82 Å². The molecule has 0 unspecified atom stereocenters. The quantitative estimate of drug-likeness (QED) is 0.761. The summed E-state index contributed by atoms with van der Waals surface area (Å²) in [5.74, 6) is 1.56. The van der Waals surface area contributed by atoms with Gasteiger partial charge in [0.25, 0.3) is 0 Å². The molecular formula is C15H15N5. The number of aromatic nitrogens is 4. The van der Waals surface area contributed by atoms with Crippen molar-refractivity contribution in [3.63, 3.8) is 0 Å². The Kier molecular flexibility index (Phi) is 3.41. The second kappa shape index (κ2) is 5.52. The highest BCUT2D eigenvalue weighted by Gasteiger charge is 2.04. The minimum absolute atomic E-state index is 0.722. The van der Waals surface area contributed by atoms with Crippen molar-refractivity contribution >= 4 is 5.82 Å². The Labute approximate surface area is 117 Å². The van der Waals surface area contributed by atoms with Crippen LogP contribution in [0.15, 0.2) is 48.8 Å². The summed E-state index contributed by atoms with van der Waals surface area (Å²) in [5, 5.41) is 10.1. The van der Waals surface area contributed by atoms with Gasteiger partial charge in [0.15, 0.2) is 5.82 Å². The molecule has 0 saturated heterocycles. The molecule has 0 radical (unpaired) electrons. The molecule has 20 heavy (non-hydrogen) atoms. The van der Waals surface area contributed by atoms with Gasteiger partial charge in [0, 0.05) is 24.5 Å². The van der Waals surface area contributed by atoms with Crippen LogP contribution in [0.4, 0.5) is 5.82 Å². The van der Waals surface area contributed by atoms with Gasteiger partial charge in [-0.05, 0) is 24.6 Å². The first-order valence-corrected chi connectivity index (χ1v) is 6.54. The topological polar surface area (TPSA) is 66.5 Å². The zero-order chi connectivity index (χ0) is 13.8. The van der Waals surface area contributed by atoms with Crippen molar-refractivity contribution in [3.05, 3.63) is 48.8 Å². The summed E-state index contributed by atoms with van der Waals surface area (Å²) >= 11 is 0. The van der Waals surface area contributed by atoms with E-state index < -0.39 is 0 Å². The van der Waals surface area contributed by atoms with E-state index in [4.69, 9.17) is 0 Å². The van der Waals surface area contributed by atoms with Gasteiger partial charge in [-0.1, -0.05) is 24.3 Å². The summed E-state index contributed by atoms with van der Waals surface area (Å²) in [4.78, 5) is 8.80. The molecule has 0 atom stereocenters. The number of nitrogens with zero attached hydrogens (tertiary/aromatic N) is 3. The Morgan fingerprint density at radius 2 is 1.80 bits per heavy atom. The lowest BCUT2D eigenvalue weighted by atomic mass is 10.1. The first kappa shape index (κ1) is 12.3. The zero-order valence-electron chi connectivity index (χ0n) is 11.2. The second-order valence-corrected chi connectivity index (χ2v) is 4.34. The number of hydrogen-bond acceptors (Lipinski definition) is 4. The van der Waals surface area contributed by atoms with Gasteiger partial charge >= 0.3 is 0 Å². The molecule has 2 N–H and O–H groups in total. The first-order chi connectivity index (χ1) is 9.86. The van der Waals surface area contributed by atoms with Crippen LogP contribution in [0.5, 0.6) is 0 Å². The van der Waals surface area contributed by atoms with Gasteiger partial charge < -0.3 is 5.32 Å². The summed E-state index contributed by atoms with van der Waals surface area (Å²) in [6, 6.07) is 11.9. The molecule has 1 aromatic carbocycles. The molecule has 0 aliphatic heterocycles. The van der Waals surface area contributed by atoms with Crippen molar-refractivity contribution in [1.82, 2.24) is 20.2 Å². The van der Waals surface area contributed by atoms with Crippen LogP contribution in [0.3, 0.4) is 0 Å². The van der Waals surface area contributed by atoms with E-state index in [-0.39, 0.29) is 0 Å². The molecule has 0 fully saturated rings. The van der Waals surface area contributed by atoms with Crippen molar-refractivity contribution in [2.45, 2.75) is 6.92 Å². The zero-order valence-corrected chi connectivity index (χ0v) is 11.2. The van der Waals surface area contributed by atoms with E-state index in [1.165, 1.54) is 0 Å². The van der Waals surface area contributed by atoms with Gasteiger partial charge in [-0.25, -0.2) is 9.97 Å². The molecule has 0 aliphatic rings. The normalized spacial score (nSPS) is 10.4. The fraction of sp³-hybridized carbons (Fsp3) is 0.133. The van der Waals surface area contributed by atoms with Gasteiger partial charge in [0.2, 0.25) is 0 Å². The molecule has 5 nitrogen and oxygen atoms in total. The maximum atomic E-state index is 4.48. The molecule has 0 saturated carbocycles. The van der Waals surface area contributed by atoms with Crippen molar-refractivity contribution < 1.29 is 0 Å². The molecule has 2 heterocycles. The first-order valence-electron chi connectivity index (χ1n) is 6.54. The molecular weight excluding hydrogens is 250 g/mol. The number of benzene rings is 1. The third-order valence-electron chi connectivity index (χ3n) is 2.97. The summed E-state index contributed by atoms with van der Waals surface area (Å²) in [7, 11) is 0. The predicted molar refractivity (Wildman–Crippen MR) is 79.2 cm³/mol. The molecule has 5 heteroatoms. The van der Waals surface area contributed by atoms with Crippen LogP contribution >= 0.6 is 0 Å². The minimum atomic E-state index is 0.722. The number of aromatic amines is 1. The molecule has 100 valence electrons. The van der Waals surface area contributed by atoms with Crippen molar-refractivity contribution in [1.29, 1.82) is 0 Å². The van der Waals surface area contributed by atoms with Gasteiger partial charge in [0.05, 0.1) is 5.69 Å². The maximum absolute atomic E-state index is 4.48. The van der Waals surface area contributed by atoms with Crippen LogP contribution in [0.1, 0.15) is 6.92 Å². The van der Waals surface area contributed by atoms with E-state index in [0.29, 0.717) is 0 Å².